The van der Waals surface area contributed by atoms with Crippen LogP contribution in [0.4, 0.5) is 0 Å². The third-order valence-electron chi connectivity index (χ3n) is 1.80. The van der Waals surface area contributed by atoms with Gasteiger partial charge in [-0.05, 0) is 12.8 Å². The third kappa shape index (κ3) is 3.75. The smallest absolute Gasteiger partial charge is 0.321 e. The average molecular weight is 219 g/mol. The highest BCUT2D eigenvalue weighted by molar-refractivity contribution is 7.92. The zero-order valence-electron chi connectivity index (χ0n) is 7.93. The van der Waals surface area contributed by atoms with E-state index in [9.17, 15) is 13.2 Å². The van der Waals surface area contributed by atoms with Crippen LogP contribution >= 0.6 is 0 Å². The van der Waals surface area contributed by atoms with E-state index in [1.807, 2.05) is 6.07 Å². The molecule has 14 heavy (non-hydrogen) atoms. The number of carboxylic acids is 1. The topological polar surface area (TPSA) is 95.2 Å². The fourth-order valence-corrected chi connectivity index (χ4v) is 2.72. The summed E-state index contributed by atoms with van der Waals surface area (Å²) in [6.45, 7) is 1.51. The second-order valence-electron chi connectivity index (χ2n) is 2.86. The van der Waals surface area contributed by atoms with Gasteiger partial charge in [0.05, 0.1) is 11.8 Å². The van der Waals surface area contributed by atoms with Crippen molar-refractivity contribution in [3.63, 3.8) is 0 Å². The van der Waals surface area contributed by atoms with Crippen LogP contribution in [0.25, 0.3) is 0 Å². The van der Waals surface area contributed by atoms with E-state index in [2.05, 4.69) is 0 Å². The minimum absolute atomic E-state index is 0.0597. The Bertz CT molecular complexity index is 328. The van der Waals surface area contributed by atoms with Gasteiger partial charge in [0.25, 0.3) is 0 Å². The summed E-state index contributed by atoms with van der Waals surface area (Å²) in [5.74, 6) is -1.55. The summed E-state index contributed by atoms with van der Waals surface area (Å²) in [6.07, 6.45) is 0.391. The van der Waals surface area contributed by atoms with Crippen LogP contribution in [0.5, 0.6) is 0 Å². The van der Waals surface area contributed by atoms with E-state index in [0.29, 0.717) is 0 Å². The second-order valence-corrected chi connectivity index (χ2v) is 5.17. The number of nitrogens with zero attached hydrogens (tertiary/aromatic N) is 1. The molecule has 0 fully saturated rings. The largest absolute Gasteiger partial charge is 0.480 e. The van der Waals surface area contributed by atoms with Crippen LogP contribution in [0.3, 0.4) is 0 Å². The first-order valence-corrected chi connectivity index (χ1v) is 5.98. The predicted molar refractivity (Wildman–Crippen MR) is 50.3 cm³/mol. The lowest BCUT2D eigenvalue weighted by Gasteiger charge is -2.09. The maximum Gasteiger partial charge on any atom is 0.321 e. The van der Waals surface area contributed by atoms with Crippen LogP contribution < -0.4 is 0 Å². The van der Waals surface area contributed by atoms with Crippen molar-refractivity contribution in [1.29, 1.82) is 5.26 Å². The number of nitriles is 1. The zero-order chi connectivity index (χ0) is 11.2. The van der Waals surface area contributed by atoms with E-state index < -0.39 is 21.1 Å². The highest BCUT2D eigenvalue weighted by Crippen LogP contribution is 2.09. The first kappa shape index (κ1) is 12.9. The van der Waals surface area contributed by atoms with Crippen LogP contribution in [0.15, 0.2) is 0 Å². The SMILES string of the molecule is CCC(C(=O)O)S(=O)(=O)CCCC#N. The Morgan fingerprint density at radius 3 is 2.50 bits per heavy atom. The van der Waals surface area contributed by atoms with Crippen molar-refractivity contribution >= 4 is 15.8 Å². The van der Waals surface area contributed by atoms with Gasteiger partial charge in [0, 0.05) is 6.42 Å². The van der Waals surface area contributed by atoms with Crippen LogP contribution in [-0.4, -0.2) is 30.5 Å². The molecule has 0 radical (unpaired) electrons. The maximum absolute atomic E-state index is 11.4. The van der Waals surface area contributed by atoms with Crippen LogP contribution in [-0.2, 0) is 14.6 Å². The summed E-state index contributed by atoms with van der Waals surface area (Å²) in [4.78, 5) is 10.6. The first-order valence-electron chi connectivity index (χ1n) is 4.27. The fourth-order valence-electron chi connectivity index (χ4n) is 1.08. The minimum atomic E-state index is -3.59. The Kier molecular flexibility index (Phi) is 5.16. The summed E-state index contributed by atoms with van der Waals surface area (Å²) in [5.41, 5.74) is 0. The molecule has 1 unspecified atom stereocenters. The number of hydrogen-bond acceptors (Lipinski definition) is 4. The second kappa shape index (κ2) is 5.60. The molecule has 5 nitrogen and oxygen atoms in total. The molecule has 1 N–H and O–H groups in total. The molecule has 0 spiro atoms. The number of sulfone groups is 1. The lowest BCUT2D eigenvalue weighted by atomic mass is 10.3. The van der Waals surface area contributed by atoms with Gasteiger partial charge in [-0.2, -0.15) is 5.26 Å². The van der Waals surface area contributed by atoms with E-state index in [4.69, 9.17) is 10.4 Å². The van der Waals surface area contributed by atoms with Crippen molar-refractivity contribution in [2.24, 2.45) is 0 Å². The summed E-state index contributed by atoms with van der Waals surface area (Å²) >= 11 is 0. The van der Waals surface area contributed by atoms with Gasteiger partial charge in [-0.3, -0.25) is 4.79 Å². The van der Waals surface area contributed by atoms with E-state index in [1.54, 1.807) is 0 Å². The zero-order valence-corrected chi connectivity index (χ0v) is 8.75. The van der Waals surface area contributed by atoms with Crippen molar-refractivity contribution in [2.75, 3.05) is 5.75 Å². The lowest BCUT2D eigenvalue weighted by Crippen LogP contribution is -2.31. The molecule has 0 aliphatic carbocycles. The minimum Gasteiger partial charge on any atom is -0.480 e. The molecule has 80 valence electrons. The Labute approximate surface area is 83.3 Å². The van der Waals surface area contributed by atoms with E-state index in [-0.39, 0.29) is 25.0 Å². The molecule has 0 heterocycles. The molecular formula is C8H13NO4S. The molecule has 0 aromatic carbocycles. The lowest BCUT2D eigenvalue weighted by molar-refractivity contribution is -0.136. The number of rotatable bonds is 6. The van der Waals surface area contributed by atoms with Crippen molar-refractivity contribution in [3.8, 4) is 6.07 Å². The first-order chi connectivity index (χ1) is 6.45. The molecule has 0 rings (SSSR count). The molecule has 1 atom stereocenters. The van der Waals surface area contributed by atoms with Crippen molar-refractivity contribution in [3.05, 3.63) is 0 Å². The summed E-state index contributed by atoms with van der Waals surface area (Å²) in [7, 11) is -3.59. The Balaban J connectivity index is 4.45. The quantitative estimate of drug-likeness (QED) is 0.659. The third-order valence-corrected chi connectivity index (χ3v) is 4.06. The Hall–Kier alpha value is -1.09. The van der Waals surface area contributed by atoms with Crippen LogP contribution in [0.2, 0.25) is 0 Å². The normalized spacial score (nSPS) is 13.1. The molecule has 0 aromatic rings. The Morgan fingerprint density at radius 2 is 2.14 bits per heavy atom. The van der Waals surface area contributed by atoms with Crippen LogP contribution in [0, 0.1) is 11.3 Å². The van der Waals surface area contributed by atoms with E-state index in [1.165, 1.54) is 6.92 Å². The van der Waals surface area contributed by atoms with Gasteiger partial charge >= 0.3 is 5.97 Å². The van der Waals surface area contributed by atoms with Crippen molar-refractivity contribution < 1.29 is 18.3 Å². The van der Waals surface area contributed by atoms with E-state index in [0.717, 1.165) is 0 Å². The molecule has 0 saturated carbocycles. The average Bonchev–Trinajstić information content (AvgIpc) is 2.04. The fraction of sp³-hybridized carbons (Fsp3) is 0.750. The summed E-state index contributed by atoms with van der Waals surface area (Å²) in [5, 5.41) is 15.5. The van der Waals surface area contributed by atoms with Crippen LogP contribution in [0.1, 0.15) is 26.2 Å². The van der Waals surface area contributed by atoms with Gasteiger partial charge in [-0.15, -0.1) is 0 Å². The number of unbranched alkanes of at least 4 members (excludes halogenated alkanes) is 1. The van der Waals surface area contributed by atoms with Gasteiger partial charge in [0.2, 0.25) is 0 Å². The molecule has 0 saturated heterocycles. The molecular weight excluding hydrogens is 206 g/mol. The molecule has 6 heteroatoms. The Morgan fingerprint density at radius 1 is 1.57 bits per heavy atom. The van der Waals surface area contributed by atoms with Gasteiger partial charge in [-0.1, -0.05) is 6.92 Å². The molecule has 0 amide bonds. The van der Waals surface area contributed by atoms with Gasteiger partial charge in [0.1, 0.15) is 0 Å². The van der Waals surface area contributed by atoms with E-state index >= 15 is 0 Å². The predicted octanol–water partition coefficient (Wildman–Crippen LogP) is 0.568. The van der Waals surface area contributed by atoms with Gasteiger partial charge in [0.15, 0.2) is 15.1 Å². The van der Waals surface area contributed by atoms with Gasteiger partial charge in [-0.25, -0.2) is 8.42 Å². The molecule has 0 aliphatic heterocycles. The molecule has 0 aliphatic rings. The summed E-state index contributed by atoms with van der Waals surface area (Å²) in [6, 6.07) is 1.81. The van der Waals surface area contributed by atoms with Gasteiger partial charge < -0.3 is 5.11 Å². The standard InChI is InChI=1S/C8H13NO4S/c1-2-7(8(10)11)14(12,13)6-4-3-5-9/h7H,2-4,6H2,1H3,(H,10,11). The van der Waals surface area contributed by atoms with Crippen molar-refractivity contribution in [2.45, 2.75) is 31.4 Å². The molecule has 0 aromatic heterocycles. The number of hydrogen-bond donors (Lipinski definition) is 1. The molecule has 0 bridgehead atoms. The number of aliphatic carboxylic acids is 1. The number of carbonyl (C=O) groups is 1. The highest BCUT2D eigenvalue weighted by Gasteiger charge is 2.29. The van der Waals surface area contributed by atoms with Crippen molar-refractivity contribution in [1.82, 2.24) is 0 Å². The number of carboxylic acid groups (broad SMARTS) is 1. The maximum atomic E-state index is 11.4. The summed E-state index contributed by atoms with van der Waals surface area (Å²) < 4.78 is 22.8. The highest BCUT2D eigenvalue weighted by atomic mass is 32.2. The monoisotopic (exact) mass is 219 g/mol.